The van der Waals surface area contributed by atoms with Gasteiger partial charge in [0.2, 0.25) is 0 Å². The van der Waals surface area contributed by atoms with Crippen molar-refractivity contribution >= 4 is 23.5 Å². The molecule has 0 saturated carbocycles. The lowest BCUT2D eigenvalue weighted by molar-refractivity contribution is -0.138. The maximum absolute atomic E-state index is 14.2. The third-order valence-corrected chi connectivity index (χ3v) is 8.87. The van der Waals surface area contributed by atoms with Crippen LogP contribution < -0.4 is 21.7 Å². The molecule has 7 N–H and O–H groups in total. The minimum absolute atomic E-state index is 0.0709. The van der Waals surface area contributed by atoms with E-state index in [4.69, 9.17) is 21.0 Å². The van der Waals surface area contributed by atoms with Crippen molar-refractivity contribution in [2.24, 2.45) is 0 Å². The third kappa shape index (κ3) is 9.22. The van der Waals surface area contributed by atoms with Gasteiger partial charge in [-0.25, -0.2) is 4.98 Å². The molecule has 3 aromatic rings. The van der Waals surface area contributed by atoms with Crippen LogP contribution in [0.5, 0.6) is 0 Å². The maximum Gasteiger partial charge on any atom is 0.416 e. The van der Waals surface area contributed by atoms with Crippen molar-refractivity contribution in [3.05, 3.63) is 88.7 Å². The fraction of sp³-hybridized carbons (Fsp3) is 0.400. The number of carbonyl (C=O) groups excluding carboxylic acids is 1. The van der Waals surface area contributed by atoms with Gasteiger partial charge in [-0.2, -0.15) is 13.2 Å². The Morgan fingerprint density at radius 3 is 2.49 bits per heavy atom. The van der Waals surface area contributed by atoms with E-state index < -0.39 is 17.6 Å². The summed E-state index contributed by atoms with van der Waals surface area (Å²) in [6.07, 6.45) is -0.533. The molecule has 11 nitrogen and oxygen atoms in total. The lowest BCUT2D eigenvalue weighted by Crippen LogP contribution is -2.46. The smallest absolute Gasteiger partial charge is 0.395 e. The summed E-state index contributed by atoms with van der Waals surface area (Å²) in [5.41, 5.74) is 8.91. The van der Waals surface area contributed by atoms with Crippen LogP contribution in [0.2, 0.25) is 0 Å². The number of β-amino-alcohol motifs (C(OH)–C–C–N with tert-alkyl or cyclic N) is 1. The van der Waals surface area contributed by atoms with E-state index in [1.165, 1.54) is 12.3 Å². The van der Waals surface area contributed by atoms with Crippen LogP contribution in [0.4, 0.5) is 19.0 Å². The number of amides is 1. The van der Waals surface area contributed by atoms with Crippen LogP contribution in [-0.2, 0) is 24.1 Å². The van der Waals surface area contributed by atoms with Gasteiger partial charge in [0.15, 0.2) is 0 Å². The van der Waals surface area contributed by atoms with Crippen LogP contribution in [0, 0.1) is 5.41 Å². The number of halogens is 3. The van der Waals surface area contributed by atoms with Gasteiger partial charge in [0.1, 0.15) is 5.82 Å². The number of pyridine rings is 1. The van der Waals surface area contributed by atoms with Gasteiger partial charge in [0.05, 0.1) is 36.5 Å². The summed E-state index contributed by atoms with van der Waals surface area (Å²) in [4.78, 5) is 21.4. The fourth-order valence-corrected chi connectivity index (χ4v) is 6.11. The molecule has 14 heteroatoms. The molecule has 3 heterocycles. The summed E-state index contributed by atoms with van der Waals surface area (Å²) in [5, 5.41) is 25.9. The van der Waals surface area contributed by atoms with Crippen molar-refractivity contribution in [1.29, 1.82) is 5.41 Å². The summed E-state index contributed by atoms with van der Waals surface area (Å²) in [6.45, 7) is 4.84. The second-order valence-corrected chi connectivity index (χ2v) is 12.2. The van der Waals surface area contributed by atoms with Crippen molar-refractivity contribution < 1.29 is 27.8 Å². The standard InChI is InChI=1S/C35H43F3N8O3/c1-41-17-28(16-39)27-14-29(33(40)43-18-27)34(48)44-31-19-42-20-32(31)49-22-23-2-4-24(5-3-23)25-6-7-26(30(15-25)35(36,37)38)21-46-10-8-45(9-11-46)12-13-47/h2-7,14-18,31-32,39,41-42,47H,8-13,19-22H2,1H3,(H2,40,43)(H,44,48)/b28-17+,39-16?. The molecule has 49 heavy (non-hydrogen) atoms. The number of hydrogen-bond donors (Lipinski definition) is 6. The summed E-state index contributed by atoms with van der Waals surface area (Å²) in [5.74, 6) is -0.332. The zero-order valence-corrected chi connectivity index (χ0v) is 27.4. The first-order valence-electron chi connectivity index (χ1n) is 16.2. The first-order valence-corrected chi connectivity index (χ1v) is 16.2. The molecule has 2 aliphatic heterocycles. The minimum Gasteiger partial charge on any atom is -0.395 e. The molecule has 0 aliphatic carbocycles. The Morgan fingerprint density at radius 1 is 1.10 bits per heavy atom. The third-order valence-electron chi connectivity index (χ3n) is 8.87. The number of aromatic nitrogens is 1. The van der Waals surface area contributed by atoms with Gasteiger partial charge in [-0.1, -0.05) is 36.4 Å². The second-order valence-electron chi connectivity index (χ2n) is 12.2. The average Bonchev–Trinajstić information content (AvgIpc) is 3.54. The highest BCUT2D eigenvalue weighted by Crippen LogP contribution is 2.36. The number of carbonyl (C=O) groups is 1. The topological polar surface area (TPSA) is 152 Å². The molecule has 2 saturated heterocycles. The largest absolute Gasteiger partial charge is 0.416 e. The number of ether oxygens (including phenoxy) is 1. The highest BCUT2D eigenvalue weighted by molar-refractivity contribution is 6.09. The van der Waals surface area contributed by atoms with E-state index in [-0.39, 0.29) is 48.8 Å². The zero-order valence-electron chi connectivity index (χ0n) is 27.4. The fourth-order valence-electron chi connectivity index (χ4n) is 6.11. The second kappa shape index (κ2) is 16.4. The molecule has 2 aromatic carbocycles. The average molecular weight is 681 g/mol. The molecule has 1 amide bonds. The Hall–Kier alpha value is -4.34. The Bertz CT molecular complexity index is 1630. The molecule has 2 aliphatic rings. The number of nitrogens with two attached hydrogens (primary N) is 1. The lowest BCUT2D eigenvalue weighted by Gasteiger charge is -2.34. The summed E-state index contributed by atoms with van der Waals surface area (Å²) in [6, 6.07) is 13.0. The first kappa shape index (κ1) is 36.0. The van der Waals surface area contributed by atoms with Crippen molar-refractivity contribution in [3.63, 3.8) is 0 Å². The Balaban J connectivity index is 1.20. The Labute approximate surface area is 283 Å². The number of alkyl halides is 3. The first-order chi connectivity index (χ1) is 23.6. The van der Waals surface area contributed by atoms with Crippen molar-refractivity contribution in [2.75, 3.05) is 65.2 Å². The van der Waals surface area contributed by atoms with E-state index >= 15 is 0 Å². The van der Waals surface area contributed by atoms with Crippen molar-refractivity contribution in [2.45, 2.75) is 31.5 Å². The molecule has 0 spiro atoms. The number of piperazine rings is 1. The van der Waals surface area contributed by atoms with Gasteiger partial charge >= 0.3 is 6.18 Å². The van der Waals surface area contributed by atoms with E-state index in [0.717, 1.165) is 11.8 Å². The molecular weight excluding hydrogens is 637 g/mol. The zero-order chi connectivity index (χ0) is 35.0. The van der Waals surface area contributed by atoms with Crippen molar-refractivity contribution in [3.8, 4) is 11.1 Å². The number of allylic oxidation sites excluding steroid dienone is 1. The molecule has 2 fully saturated rings. The summed E-state index contributed by atoms with van der Waals surface area (Å²) in [7, 11) is 1.71. The number of aliphatic hydroxyl groups excluding tert-OH is 1. The van der Waals surface area contributed by atoms with Gasteiger partial charge < -0.3 is 36.9 Å². The number of anilines is 1. The van der Waals surface area contributed by atoms with Crippen LogP contribution in [0.25, 0.3) is 16.7 Å². The monoisotopic (exact) mass is 680 g/mol. The van der Waals surface area contributed by atoms with Gasteiger partial charge in [0.25, 0.3) is 5.91 Å². The Morgan fingerprint density at radius 2 is 1.82 bits per heavy atom. The van der Waals surface area contributed by atoms with Gasteiger partial charge in [-0.05, 0) is 34.4 Å². The highest BCUT2D eigenvalue weighted by Gasteiger charge is 2.34. The predicted molar refractivity (Wildman–Crippen MR) is 183 cm³/mol. The normalized spacial score (nSPS) is 19.2. The Kier molecular flexibility index (Phi) is 12.0. The molecule has 5 rings (SSSR count). The van der Waals surface area contributed by atoms with Crippen LogP contribution in [-0.4, -0.2) is 104 Å². The minimum atomic E-state index is -4.49. The quantitative estimate of drug-likeness (QED) is 0.150. The van der Waals surface area contributed by atoms with Crippen LogP contribution in [0.1, 0.15) is 32.6 Å². The lowest BCUT2D eigenvalue weighted by atomic mass is 9.97. The van der Waals surface area contributed by atoms with E-state index in [2.05, 4.69) is 25.8 Å². The summed E-state index contributed by atoms with van der Waals surface area (Å²) >= 11 is 0. The number of nitrogens with zero attached hydrogens (tertiary/aromatic N) is 3. The predicted octanol–water partition coefficient (Wildman–Crippen LogP) is 2.96. The van der Waals surface area contributed by atoms with Gasteiger partial charge in [-0.15, -0.1) is 0 Å². The van der Waals surface area contributed by atoms with Gasteiger partial charge in [0, 0.05) is 89.2 Å². The molecule has 0 radical (unpaired) electrons. The molecule has 1 aromatic heterocycles. The molecular formula is C35H43F3N8O3. The van der Waals surface area contributed by atoms with Crippen LogP contribution >= 0.6 is 0 Å². The van der Waals surface area contributed by atoms with E-state index in [1.807, 2.05) is 17.0 Å². The summed E-state index contributed by atoms with van der Waals surface area (Å²) < 4.78 is 48.7. The van der Waals surface area contributed by atoms with Crippen molar-refractivity contribution in [1.82, 2.24) is 30.7 Å². The maximum atomic E-state index is 14.2. The van der Waals surface area contributed by atoms with E-state index in [1.54, 1.807) is 43.6 Å². The highest BCUT2D eigenvalue weighted by atomic mass is 19.4. The van der Waals surface area contributed by atoms with Crippen LogP contribution in [0.15, 0.2) is 60.9 Å². The van der Waals surface area contributed by atoms with Gasteiger partial charge in [-0.3, -0.25) is 14.6 Å². The number of benzene rings is 2. The molecule has 2 unspecified atom stereocenters. The number of nitrogens with one attached hydrogen (secondary N) is 4. The number of aliphatic hydroxyl groups is 1. The van der Waals surface area contributed by atoms with E-state index in [0.29, 0.717) is 68.1 Å². The van der Waals surface area contributed by atoms with Crippen LogP contribution in [0.3, 0.4) is 0 Å². The SMILES string of the molecule is CN/C=C(\C=N)c1cnc(N)c(C(=O)NC2CNCC2OCc2ccc(-c3ccc(CN4CCN(CCO)CC4)c(C(F)(F)F)c3)cc2)c1. The number of nitrogen functional groups attached to an aromatic ring is 1. The number of rotatable bonds is 13. The molecule has 2 atom stereocenters. The molecule has 262 valence electrons. The number of hydrogen-bond acceptors (Lipinski definition) is 10. The van der Waals surface area contributed by atoms with E-state index in [9.17, 15) is 18.0 Å². The molecule has 0 bridgehead atoms.